The number of carbonyl (C=O) groups excluding carboxylic acids is 2. The fourth-order valence-corrected chi connectivity index (χ4v) is 2.59. The van der Waals surface area contributed by atoms with E-state index in [1.165, 1.54) is 0 Å². The number of rotatable bonds is 3. The van der Waals surface area contributed by atoms with Crippen molar-refractivity contribution in [1.82, 2.24) is 14.7 Å². The second-order valence-electron chi connectivity index (χ2n) is 5.16. The summed E-state index contributed by atoms with van der Waals surface area (Å²) in [6.45, 7) is 5.25. The summed E-state index contributed by atoms with van der Waals surface area (Å²) in [6.07, 6.45) is 1.51. The quantitative estimate of drug-likeness (QED) is 0.820. The Morgan fingerprint density at radius 3 is 2.75 bits per heavy atom. The molecule has 7 heteroatoms. The molecule has 0 radical (unpaired) electrons. The van der Waals surface area contributed by atoms with Gasteiger partial charge in [-0.05, 0) is 26.7 Å². The van der Waals surface area contributed by atoms with Gasteiger partial charge >= 0.3 is 0 Å². The summed E-state index contributed by atoms with van der Waals surface area (Å²) in [5.41, 5.74) is 12.8. The van der Waals surface area contributed by atoms with Crippen molar-refractivity contribution in [2.24, 2.45) is 11.7 Å². The minimum atomic E-state index is -0.351. The Morgan fingerprint density at radius 1 is 1.45 bits per heavy atom. The van der Waals surface area contributed by atoms with Crippen LogP contribution in [0.15, 0.2) is 0 Å². The van der Waals surface area contributed by atoms with Crippen molar-refractivity contribution in [2.75, 3.05) is 18.8 Å². The zero-order valence-corrected chi connectivity index (χ0v) is 11.9. The Bertz CT molecular complexity index is 537. The van der Waals surface area contributed by atoms with E-state index in [2.05, 4.69) is 5.10 Å². The van der Waals surface area contributed by atoms with Gasteiger partial charge < -0.3 is 16.4 Å². The maximum atomic E-state index is 12.6. The molecule has 1 atom stereocenters. The van der Waals surface area contributed by atoms with Crippen LogP contribution in [0.5, 0.6) is 0 Å². The summed E-state index contributed by atoms with van der Waals surface area (Å²) >= 11 is 0. The van der Waals surface area contributed by atoms with E-state index in [1.54, 1.807) is 16.5 Å². The first-order chi connectivity index (χ1) is 9.45. The van der Waals surface area contributed by atoms with Crippen molar-refractivity contribution in [3.8, 4) is 0 Å². The predicted molar refractivity (Wildman–Crippen MR) is 74.9 cm³/mol. The highest BCUT2D eigenvalue weighted by Gasteiger charge is 2.30. The molecule has 2 heterocycles. The Balaban J connectivity index is 2.25. The molecule has 0 spiro atoms. The Hall–Kier alpha value is -2.05. The number of nitrogen functional groups attached to an aromatic ring is 1. The van der Waals surface area contributed by atoms with E-state index in [-0.39, 0.29) is 17.7 Å². The van der Waals surface area contributed by atoms with Gasteiger partial charge in [0.05, 0.1) is 17.3 Å². The van der Waals surface area contributed by atoms with Crippen molar-refractivity contribution in [1.29, 1.82) is 0 Å². The first-order valence-corrected chi connectivity index (χ1v) is 6.87. The number of likely N-dealkylation sites (tertiary alicyclic amines) is 1. The highest BCUT2D eigenvalue weighted by Crippen LogP contribution is 2.22. The number of hydrogen-bond acceptors (Lipinski definition) is 4. The number of primary amides is 1. The Morgan fingerprint density at radius 2 is 2.15 bits per heavy atom. The average molecular weight is 279 g/mol. The standard InChI is InChI=1S/C13H21N5O2/c1-3-18-11(10(14)8(2)16-18)13(20)17-6-4-5-9(7-17)12(15)19/h9H,3-7,14H2,1-2H3,(H2,15,19). The number of piperidine rings is 1. The molecule has 1 saturated heterocycles. The van der Waals surface area contributed by atoms with Crippen LogP contribution in [0.3, 0.4) is 0 Å². The highest BCUT2D eigenvalue weighted by atomic mass is 16.2. The van der Waals surface area contributed by atoms with Crippen molar-refractivity contribution < 1.29 is 9.59 Å². The number of nitrogens with two attached hydrogens (primary N) is 2. The predicted octanol–water partition coefficient (Wildman–Crippen LogP) is 0.131. The minimum Gasteiger partial charge on any atom is -0.395 e. The monoisotopic (exact) mass is 279 g/mol. The first kappa shape index (κ1) is 14.4. The van der Waals surface area contributed by atoms with Crippen molar-refractivity contribution in [2.45, 2.75) is 33.2 Å². The zero-order chi connectivity index (χ0) is 14.9. The lowest BCUT2D eigenvalue weighted by atomic mass is 9.97. The van der Waals surface area contributed by atoms with Crippen molar-refractivity contribution >= 4 is 17.5 Å². The SMILES string of the molecule is CCn1nc(C)c(N)c1C(=O)N1CCCC(C(N)=O)C1. The van der Waals surface area contributed by atoms with Gasteiger partial charge in [0.1, 0.15) is 5.69 Å². The van der Waals surface area contributed by atoms with Gasteiger partial charge in [-0.2, -0.15) is 5.10 Å². The number of nitrogens with zero attached hydrogens (tertiary/aromatic N) is 3. The van der Waals surface area contributed by atoms with Gasteiger partial charge in [-0.3, -0.25) is 14.3 Å². The van der Waals surface area contributed by atoms with Crippen LogP contribution >= 0.6 is 0 Å². The van der Waals surface area contributed by atoms with Crippen LogP contribution in [0, 0.1) is 12.8 Å². The van der Waals surface area contributed by atoms with E-state index in [0.717, 1.165) is 12.8 Å². The number of carbonyl (C=O) groups is 2. The summed E-state index contributed by atoms with van der Waals surface area (Å²) in [6, 6.07) is 0. The molecule has 20 heavy (non-hydrogen) atoms. The Labute approximate surface area is 117 Å². The van der Waals surface area contributed by atoms with Crippen LogP contribution in [0.2, 0.25) is 0 Å². The number of aryl methyl sites for hydroxylation is 2. The van der Waals surface area contributed by atoms with E-state index in [0.29, 0.717) is 36.7 Å². The topological polar surface area (TPSA) is 107 Å². The summed E-state index contributed by atoms with van der Waals surface area (Å²) in [5.74, 6) is -0.792. The molecule has 1 aliphatic heterocycles. The fraction of sp³-hybridized carbons (Fsp3) is 0.615. The maximum Gasteiger partial charge on any atom is 0.274 e. The summed E-state index contributed by atoms with van der Waals surface area (Å²) in [4.78, 5) is 25.6. The smallest absolute Gasteiger partial charge is 0.274 e. The van der Waals surface area contributed by atoms with Crippen molar-refractivity contribution in [3.05, 3.63) is 11.4 Å². The molecule has 0 saturated carbocycles. The lowest BCUT2D eigenvalue weighted by molar-refractivity contribution is -0.123. The third-order valence-corrected chi connectivity index (χ3v) is 3.79. The van der Waals surface area contributed by atoms with Gasteiger partial charge in [0, 0.05) is 19.6 Å². The molecule has 0 aromatic carbocycles. The number of aromatic nitrogens is 2. The van der Waals surface area contributed by atoms with Gasteiger partial charge in [0.25, 0.3) is 5.91 Å². The molecule has 2 rings (SSSR count). The number of hydrogen-bond donors (Lipinski definition) is 2. The zero-order valence-electron chi connectivity index (χ0n) is 11.9. The summed E-state index contributed by atoms with van der Waals surface area (Å²) in [7, 11) is 0. The molecule has 0 aliphatic carbocycles. The third kappa shape index (κ3) is 2.48. The molecule has 0 bridgehead atoms. The van der Waals surface area contributed by atoms with E-state index < -0.39 is 0 Å². The third-order valence-electron chi connectivity index (χ3n) is 3.79. The van der Waals surface area contributed by atoms with E-state index in [9.17, 15) is 9.59 Å². The average Bonchev–Trinajstić information content (AvgIpc) is 2.73. The lowest BCUT2D eigenvalue weighted by Crippen LogP contribution is -2.44. The second kappa shape index (κ2) is 5.52. The van der Waals surface area contributed by atoms with Crippen molar-refractivity contribution in [3.63, 3.8) is 0 Å². The first-order valence-electron chi connectivity index (χ1n) is 6.87. The normalized spacial score (nSPS) is 19.1. The molecule has 1 aromatic heterocycles. The summed E-state index contributed by atoms with van der Waals surface area (Å²) in [5, 5.41) is 4.25. The van der Waals surface area contributed by atoms with Crippen LogP contribution < -0.4 is 11.5 Å². The van der Waals surface area contributed by atoms with Gasteiger partial charge in [0.15, 0.2) is 0 Å². The highest BCUT2D eigenvalue weighted by molar-refractivity contribution is 5.98. The van der Waals surface area contributed by atoms with Gasteiger partial charge in [-0.1, -0.05) is 0 Å². The Kier molecular flexibility index (Phi) is 3.96. The minimum absolute atomic E-state index is 0.170. The fourth-order valence-electron chi connectivity index (χ4n) is 2.59. The number of anilines is 1. The molecule has 110 valence electrons. The molecule has 1 fully saturated rings. The van der Waals surface area contributed by atoms with Crippen LogP contribution in [-0.2, 0) is 11.3 Å². The second-order valence-corrected chi connectivity index (χ2v) is 5.16. The van der Waals surface area contributed by atoms with E-state index >= 15 is 0 Å². The molecule has 1 unspecified atom stereocenters. The molecule has 1 aromatic rings. The molecule has 2 amide bonds. The van der Waals surface area contributed by atoms with E-state index in [1.807, 2.05) is 6.92 Å². The van der Waals surface area contributed by atoms with Gasteiger partial charge in [-0.15, -0.1) is 0 Å². The largest absolute Gasteiger partial charge is 0.395 e. The molecule has 1 aliphatic rings. The van der Waals surface area contributed by atoms with E-state index in [4.69, 9.17) is 11.5 Å². The van der Waals surface area contributed by atoms with Gasteiger partial charge in [-0.25, -0.2) is 0 Å². The lowest BCUT2D eigenvalue weighted by Gasteiger charge is -2.31. The van der Waals surface area contributed by atoms with Gasteiger partial charge in [0.2, 0.25) is 5.91 Å². The number of amides is 2. The molecule has 7 nitrogen and oxygen atoms in total. The van der Waals surface area contributed by atoms with Crippen LogP contribution in [-0.4, -0.2) is 39.6 Å². The summed E-state index contributed by atoms with van der Waals surface area (Å²) < 4.78 is 1.61. The molecular formula is C13H21N5O2. The van der Waals surface area contributed by atoms with Crippen LogP contribution in [0.1, 0.15) is 35.9 Å². The van der Waals surface area contributed by atoms with Crippen LogP contribution in [0.25, 0.3) is 0 Å². The maximum absolute atomic E-state index is 12.6. The molecular weight excluding hydrogens is 258 g/mol. The molecule has 4 N–H and O–H groups in total. The van der Waals surface area contributed by atoms with Crippen LogP contribution in [0.4, 0.5) is 5.69 Å².